The predicted octanol–water partition coefficient (Wildman–Crippen LogP) is 6.29. The number of nitrogens with zero attached hydrogens (tertiary/aromatic N) is 1. The number of benzene rings is 2. The minimum atomic E-state index is 0.224. The summed E-state index contributed by atoms with van der Waals surface area (Å²) < 4.78 is 0. The minimum absolute atomic E-state index is 0.224. The van der Waals surface area contributed by atoms with Crippen LogP contribution in [0.15, 0.2) is 60.7 Å². The molecule has 130 valence electrons. The molecule has 1 saturated carbocycles. The van der Waals surface area contributed by atoms with Crippen molar-refractivity contribution in [3.63, 3.8) is 0 Å². The summed E-state index contributed by atoms with van der Waals surface area (Å²) in [6, 6.07) is 19.4. The van der Waals surface area contributed by atoms with Crippen LogP contribution in [0.4, 0.5) is 0 Å². The molecule has 0 amide bonds. The fourth-order valence-corrected chi connectivity index (χ4v) is 4.95. The first kappa shape index (κ1) is 16.9. The van der Waals surface area contributed by atoms with Gasteiger partial charge in [0.25, 0.3) is 0 Å². The Morgan fingerprint density at radius 3 is 2.24 bits per heavy atom. The summed E-state index contributed by atoms with van der Waals surface area (Å²) in [7, 11) is 0. The van der Waals surface area contributed by atoms with Gasteiger partial charge in [0.2, 0.25) is 0 Å². The van der Waals surface area contributed by atoms with Gasteiger partial charge < -0.3 is 0 Å². The molecule has 4 rings (SSSR count). The van der Waals surface area contributed by atoms with Crippen LogP contribution < -0.4 is 0 Å². The molecule has 1 heterocycles. The van der Waals surface area contributed by atoms with Gasteiger partial charge in [-0.25, -0.2) is 0 Å². The smallest absolute Gasteiger partial charge is 0.0481 e. The van der Waals surface area contributed by atoms with Crippen LogP contribution in [0.3, 0.4) is 0 Å². The largest absolute Gasteiger partial charge is 0.290 e. The van der Waals surface area contributed by atoms with E-state index in [1.807, 2.05) is 12.1 Å². The lowest BCUT2D eigenvalue weighted by Crippen LogP contribution is -2.49. The van der Waals surface area contributed by atoms with E-state index >= 15 is 0 Å². The quantitative estimate of drug-likeness (QED) is 0.628. The van der Waals surface area contributed by atoms with Gasteiger partial charge >= 0.3 is 0 Å². The Balaban J connectivity index is 1.62. The summed E-state index contributed by atoms with van der Waals surface area (Å²) in [6.45, 7) is 2.14. The van der Waals surface area contributed by atoms with Crippen molar-refractivity contribution >= 4 is 17.2 Å². The lowest BCUT2D eigenvalue weighted by Gasteiger charge is -2.48. The molecule has 1 aliphatic carbocycles. The third-order valence-electron chi connectivity index (χ3n) is 6.03. The highest BCUT2D eigenvalue weighted by Crippen LogP contribution is 2.44. The van der Waals surface area contributed by atoms with Crippen molar-refractivity contribution in [2.24, 2.45) is 0 Å². The van der Waals surface area contributed by atoms with Gasteiger partial charge in [0, 0.05) is 23.7 Å². The molecule has 0 aromatic heterocycles. The molecule has 0 unspecified atom stereocenters. The van der Waals surface area contributed by atoms with Crippen molar-refractivity contribution < 1.29 is 0 Å². The van der Waals surface area contributed by atoms with E-state index in [9.17, 15) is 0 Å². The average molecular weight is 352 g/mol. The second-order valence-corrected chi connectivity index (χ2v) is 7.77. The highest BCUT2D eigenvalue weighted by Gasteiger charge is 2.39. The average Bonchev–Trinajstić information content (AvgIpc) is 2.70. The Bertz CT molecular complexity index is 744. The predicted molar refractivity (Wildman–Crippen MR) is 107 cm³/mol. The molecule has 0 radical (unpaired) electrons. The maximum Gasteiger partial charge on any atom is 0.0481 e. The molecule has 2 aromatic carbocycles. The fraction of sp³-hybridized carbons (Fsp3) is 0.391. The van der Waals surface area contributed by atoms with Gasteiger partial charge in [-0.3, -0.25) is 4.90 Å². The van der Waals surface area contributed by atoms with Crippen molar-refractivity contribution in [2.75, 3.05) is 13.1 Å². The Morgan fingerprint density at radius 2 is 1.56 bits per heavy atom. The Labute approximate surface area is 156 Å². The highest BCUT2D eigenvalue weighted by molar-refractivity contribution is 6.32. The van der Waals surface area contributed by atoms with Crippen LogP contribution >= 0.6 is 11.6 Å². The van der Waals surface area contributed by atoms with E-state index in [0.29, 0.717) is 0 Å². The van der Waals surface area contributed by atoms with Crippen LogP contribution in [0, 0.1) is 0 Å². The lowest BCUT2D eigenvalue weighted by molar-refractivity contribution is 0.0569. The molecule has 0 bridgehead atoms. The summed E-state index contributed by atoms with van der Waals surface area (Å²) >= 11 is 6.41. The number of hydrogen-bond donors (Lipinski definition) is 0. The molecule has 1 fully saturated rings. The van der Waals surface area contributed by atoms with E-state index in [1.165, 1.54) is 48.8 Å². The highest BCUT2D eigenvalue weighted by atomic mass is 35.5. The van der Waals surface area contributed by atoms with Crippen molar-refractivity contribution in [1.29, 1.82) is 0 Å². The number of hydrogen-bond acceptors (Lipinski definition) is 1. The van der Waals surface area contributed by atoms with Gasteiger partial charge in [-0.2, -0.15) is 0 Å². The summed E-state index contributed by atoms with van der Waals surface area (Å²) in [4.78, 5) is 2.72. The molecule has 1 aliphatic heterocycles. The summed E-state index contributed by atoms with van der Waals surface area (Å²) in [5.74, 6) is 0. The molecule has 0 N–H and O–H groups in total. The zero-order chi connectivity index (χ0) is 17.1. The summed E-state index contributed by atoms with van der Waals surface area (Å²) in [5, 5.41) is 0.873. The fourth-order valence-electron chi connectivity index (χ4n) is 4.70. The Morgan fingerprint density at radius 1 is 0.840 bits per heavy atom. The number of rotatable bonds is 3. The summed E-state index contributed by atoms with van der Waals surface area (Å²) in [6.07, 6.45) is 10.1. The van der Waals surface area contributed by atoms with Crippen molar-refractivity contribution in [3.8, 4) is 0 Å². The zero-order valence-electron chi connectivity index (χ0n) is 14.8. The van der Waals surface area contributed by atoms with Crippen LogP contribution in [-0.4, -0.2) is 18.0 Å². The standard InChI is InChI=1S/C23H26ClN/c24-22-12-6-5-11-21(22)19-13-17-25(18-14-19)23(15-7-2-8-16-23)20-9-3-1-4-10-20/h1,3-6,9-13H,2,7-8,14-18H2. The van der Waals surface area contributed by atoms with Crippen molar-refractivity contribution in [2.45, 2.75) is 44.1 Å². The van der Waals surface area contributed by atoms with Gasteiger partial charge in [-0.15, -0.1) is 0 Å². The van der Waals surface area contributed by atoms with Gasteiger partial charge in [-0.1, -0.05) is 85.5 Å². The molecular weight excluding hydrogens is 326 g/mol. The second-order valence-electron chi connectivity index (χ2n) is 7.36. The molecule has 2 aliphatic rings. The SMILES string of the molecule is Clc1ccccc1C1=CCN(C2(c3ccccc3)CCCCC2)CC1. The van der Waals surface area contributed by atoms with E-state index < -0.39 is 0 Å². The Hall–Kier alpha value is -1.57. The van der Waals surface area contributed by atoms with E-state index in [4.69, 9.17) is 11.6 Å². The van der Waals surface area contributed by atoms with Gasteiger partial charge in [0.1, 0.15) is 0 Å². The van der Waals surface area contributed by atoms with Crippen LogP contribution in [0.25, 0.3) is 5.57 Å². The molecule has 0 atom stereocenters. The monoisotopic (exact) mass is 351 g/mol. The zero-order valence-corrected chi connectivity index (χ0v) is 15.5. The summed E-state index contributed by atoms with van der Waals surface area (Å²) in [5.41, 5.74) is 4.34. The second kappa shape index (κ2) is 7.35. The molecule has 2 aromatic rings. The van der Waals surface area contributed by atoms with Crippen molar-refractivity contribution in [1.82, 2.24) is 4.90 Å². The topological polar surface area (TPSA) is 3.24 Å². The molecule has 0 spiro atoms. The third kappa shape index (κ3) is 3.28. The first-order valence-corrected chi connectivity index (χ1v) is 9.92. The van der Waals surface area contributed by atoms with Crippen molar-refractivity contribution in [3.05, 3.63) is 76.8 Å². The van der Waals surface area contributed by atoms with Crippen LogP contribution in [0.2, 0.25) is 5.02 Å². The molecule has 0 saturated heterocycles. The van der Waals surface area contributed by atoms with E-state index in [-0.39, 0.29) is 5.54 Å². The van der Waals surface area contributed by atoms with E-state index in [0.717, 1.165) is 24.5 Å². The normalized spacial score (nSPS) is 20.9. The Kier molecular flexibility index (Phi) is 4.96. The van der Waals surface area contributed by atoms with Gasteiger partial charge in [0.15, 0.2) is 0 Å². The van der Waals surface area contributed by atoms with Crippen LogP contribution in [0.1, 0.15) is 49.7 Å². The first-order chi connectivity index (χ1) is 12.3. The molecule has 25 heavy (non-hydrogen) atoms. The minimum Gasteiger partial charge on any atom is -0.290 e. The molecular formula is C23H26ClN. The maximum atomic E-state index is 6.41. The van der Waals surface area contributed by atoms with Gasteiger partial charge in [0.05, 0.1) is 0 Å². The third-order valence-corrected chi connectivity index (χ3v) is 6.36. The van der Waals surface area contributed by atoms with Gasteiger partial charge in [-0.05, 0) is 42.0 Å². The number of halogens is 1. The van der Waals surface area contributed by atoms with Crippen LogP contribution in [0.5, 0.6) is 0 Å². The van der Waals surface area contributed by atoms with E-state index in [2.05, 4.69) is 53.4 Å². The van der Waals surface area contributed by atoms with E-state index in [1.54, 1.807) is 0 Å². The lowest BCUT2D eigenvalue weighted by atomic mass is 9.74. The maximum absolute atomic E-state index is 6.41. The molecule has 1 nitrogen and oxygen atoms in total. The first-order valence-electron chi connectivity index (χ1n) is 9.54. The molecule has 2 heteroatoms. The van der Waals surface area contributed by atoms with Crippen LogP contribution in [-0.2, 0) is 5.54 Å².